The van der Waals surface area contributed by atoms with Gasteiger partial charge in [-0.2, -0.15) is 0 Å². The van der Waals surface area contributed by atoms with E-state index in [1.165, 1.54) is 77.0 Å². The summed E-state index contributed by atoms with van der Waals surface area (Å²) in [6.07, 6.45) is -0.629. The average molecular weight is 905 g/mol. The van der Waals surface area contributed by atoms with Crippen molar-refractivity contribution in [3.8, 4) is 46.0 Å². The van der Waals surface area contributed by atoms with E-state index in [1.54, 1.807) is 24.3 Å². The van der Waals surface area contributed by atoms with Crippen LogP contribution in [0.2, 0.25) is 0 Å². The average Bonchev–Trinajstić information content (AvgIpc) is 3.26. The molecule has 16 nitrogen and oxygen atoms in total. The van der Waals surface area contributed by atoms with Gasteiger partial charge in [0.05, 0.1) is 52.9 Å². The van der Waals surface area contributed by atoms with Crippen molar-refractivity contribution in [2.24, 2.45) is 5.41 Å². The molecule has 0 atom stereocenters. The summed E-state index contributed by atoms with van der Waals surface area (Å²) in [4.78, 5) is 55.6. The van der Waals surface area contributed by atoms with Crippen LogP contribution in [0.15, 0.2) is 72.8 Å². The molecule has 0 amide bonds. The molecule has 0 saturated heterocycles. The molecule has 0 N–H and O–H groups in total. The van der Waals surface area contributed by atoms with Crippen LogP contribution in [-0.4, -0.2) is 103 Å². The minimum Gasteiger partial charge on any atom is -0.496 e. The minimum absolute atomic E-state index is 0.0267. The number of carbonyl (C=O) groups is 4. The third kappa shape index (κ3) is 14.6. The molecule has 4 aromatic rings. The van der Waals surface area contributed by atoms with Crippen LogP contribution in [0.25, 0.3) is 0 Å². The summed E-state index contributed by atoms with van der Waals surface area (Å²) in [5, 5.41) is 0. The Labute approximate surface area is 380 Å². The molecule has 0 unspecified atom stereocenters. The van der Waals surface area contributed by atoms with Gasteiger partial charge in [-0.25, -0.2) is 19.2 Å². The van der Waals surface area contributed by atoms with Crippen LogP contribution in [-0.2, 0) is 18.9 Å². The van der Waals surface area contributed by atoms with E-state index < -0.39 is 55.7 Å². The molecule has 0 aliphatic carbocycles. The largest absolute Gasteiger partial charge is 0.496 e. The van der Waals surface area contributed by atoms with Gasteiger partial charge in [-0.1, -0.05) is 0 Å². The SMILES string of the molecule is COc1cc(OC(C)C)ccc1C(=O)OCC(COC(=O)c1ccc(OC(C)C)cc1OC)(COC(=O)c1ccc(OC(C)C)cc1OC)COC(=O)c1ccc(OC(C)C)cc1OC. The van der Waals surface area contributed by atoms with Crippen molar-refractivity contribution in [2.45, 2.75) is 79.8 Å². The summed E-state index contributed by atoms with van der Waals surface area (Å²) in [6.45, 7) is 12.3. The quantitative estimate of drug-likeness (QED) is 0.0482. The maximum atomic E-state index is 13.9. The van der Waals surface area contributed by atoms with Crippen molar-refractivity contribution >= 4 is 23.9 Å². The van der Waals surface area contributed by atoms with E-state index >= 15 is 0 Å². The summed E-state index contributed by atoms with van der Waals surface area (Å²) in [5.74, 6) is -1.06. The normalized spacial score (nSPS) is 11.2. The van der Waals surface area contributed by atoms with Gasteiger partial charge in [0.2, 0.25) is 0 Å². The second-order valence-electron chi connectivity index (χ2n) is 15.9. The van der Waals surface area contributed by atoms with Gasteiger partial charge in [-0.15, -0.1) is 0 Å². The molecule has 0 aromatic heterocycles. The maximum absolute atomic E-state index is 13.9. The van der Waals surface area contributed by atoms with Crippen molar-refractivity contribution < 1.29 is 76.0 Å². The van der Waals surface area contributed by atoms with Crippen LogP contribution in [0.3, 0.4) is 0 Å². The number of carbonyl (C=O) groups excluding carboxylic acids is 4. The second-order valence-corrected chi connectivity index (χ2v) is 15.9. The molecule has 65 heavy (non-hydrogen) atoms. The zero-order valence-corrected chi connectivity index (χ0v) is 39.1. The fourth-order valence-electron chi connectivity index (χ4n) is 6.18. The van der Waals surface area contributed by atoms with E-state index in [2.05, 4.69) is 0 Å². The van der Waals surface area contributed by atoms with E-state index in [0.717, 1.165) is 0 Å². The van der Waals surface area contributed by atoms with E-state index in [9.17, 15) is 19.2 Å². The second kappa shape index (κ2) is 23.7. The number of esters is 4. The highest BCUT2D eigenvalue weighted by Gasteiger charge is 2.39. The molecule has 4 aromatic carbocycles. The zero-order chi connectivity index (χ0) is 47.8. The Morgan fingerprint density at radius 1 is 0.369 bits per heavy atom. The summed E-state index contributed by atoms with van der Waals surface area (Å²) in [6, 6.07) is 18.4. The first-order valence-corrected chi connectivity index (χ1v) is 21.0. The molecular weight excluding hydrogens is 845 g/mol. The first-order chi connectivity index (χ1) is 30.9. The number of benzene rings is 4. The highest BCUT2D eigenvalue weighted by molar-refractivity contribution is 5.95. The van der Waals surface area contributed by atoms with Gasteiger partial charge in [-0.05, 0) is 104 Å². The smallest absolute Gasteiger partial charge is 0.341 e. The molecule has 16 heteroatoms. The molecule has 0 spiro atoms. The van der Waals surface area contributed by atoms with Gasteiger partial charge in [-0.3, -0.25) is 0 Å². The number of methoxy groups -OCH3 is 4. The molecule has 0 radical (unpaired) electrons. The van der Waals surface area contributed by atoms with Gasteiger partial charge in [0.25, 0.3) is 0 Å². The summed E-state index contributed by atoms with van der Waals surface area (Å²) < 4.78 is 68.7. The van der Waals surface area contributed by atoms with Gasteiger partial charge >= 0.3 is 23.9 Å². The van der Waals surface area contributed by atoms with Gasteiger partial charge in [0, 0.05) is 24.3 Å². The van der Waals surface area contributed by atoms with E-state index in [-0.39, 0.29) is 69.7 Å². The lowest BCUT2D eigenvalue weighted by Gasteiger charge is -2.32. The summed E-state index contributed by atoms with van der Waals surface area (Å²) in [7, 11) is 5.54. The number of rotatable bonds is 24. The molecule has 0 aliphatic heterocycles. The molecule has 4 rings (SSSR count). The topological polar surface area (TPSA) is 179 Å². The van der Waals surface area contributed by atoms with Crippen molar-refractivity contribution in [1.29, 1.82) is 0 Å². The lowest BCUT2D eigenvalue weighted by molar-refractivity contribution is -0.0643. The zero-order valence-electron chi connectivity index (χ0n) is 39.1. The Kier molecular flexibility index (Phi) is 18.5. The highest BCUT2D eigenvalue weighted by atomic mass is 16.6. The van der Waals surface area contributed by atoms with Crippen LogP contribution >= 0.6 is 0 Å². The summed E-state index contributed by atoms with van der Waals surface area (Å²) >= 11 is 0. The predicted molar refractivity (Wildman–Crippen MR) is 239 cm³/mol. The maximum Gasteiger partial charge on any atom is 0.341 e. The van der Waals surface area contributed by atoms with Gasteiger partial charge < -0.3 is 56.8 Å². The van der Waals surface area contributed by atoms with Crippen molar-refractivity contribution in [3.63, 3.8) is 0 Å². The highest BCUT2D eigenvalue weighted by Crippen LogP contribution is 2.33. The number of hydrogen-bond acceptors (Lipinski definition) is 16. The fraction of sp³-hybridized carbons (Fsp3) is 0.429. The molecule has 0 saturated carbocycles. The lowest BCUT2D eigenvalue weighted by Crippen LogP contribution is -2.44. The molecule has 352 valence electrons. The van der Waals surface area contributed by atoms with Crippen LogP contribution in [0.1, 0.15) is 96.8 Å². The molecule has 0 heterocycles. The Hall–Kier alpha value is -6.84. The molecular formula is C49H60O16. The number of hydrogen-bond donors (Lipinski definition) is 0. The van der Waals surface area contributed by atoms with Gasteiger partial charge in [0.1, 0.15) is 100 Å². The Morgan fingerprint density at radius 2 is 0.569 bits per heavy atom. The summed E-state index contributed by atoms with van der Waals surface area (Å²) in [5.41, 5.74) is -1.66. The van der Waals surface area contributed by atoms with Crippen LogP contribution < -0.4 is 37.9 Å². The van der Waals surface area contributed by atoms with E-state index in [0.29, 0.717) is 23.0 Å². The monoisotopic (exact) mass is 904 g/mol. The third-order valence-electron chi connectivity index (χ3n) is 9.10. The first kappa shape index (κ1) is 50.8. The Bertz CT molecular complexity index is 1930. The predicted octanol–water partition coefficient (Wildman–Crippen LogP) is 8.58. The van der Waals surface area contributed by atoms with Crippen LogP contribution in [0.4, 0.5) is 0 Å². The van der Waals surface area contributed by atoms with Crippen molar-refractivity contribution in [2.75, 3.05) is 54.9 Å². The Balaban J connectivity index is 1.78. The van der Waals surface area contributed by atoms with E-state index in [1.807, 2.05) is 55.4 Å². The molecule has 0 fully saturated rings. The lowest BCUT2D eigenvalue weighted by atomic mass is 9.92. The van der Waals surface area contributed by atoms with Gasteiger partial charge in [0.15, 0.2) is 0 Å². The van der Waals surface area contributed by atoms with Crippen LogP contribution in [0, 0.1) is 5.41 Å². The third-order valence-corrected chi connectivity index (χ3v) is 9.10. The Morgan fingerprint density at radius 3 is 0.738 bits per heavy atom. The minimum atomic E-state index is -1.76. The van der Waals surface area contributed by atoms with Crippen molar-refractivity contribution in [1.82, 2.24) is 0 Å². The molecule has 0 bridgehead atoms. The molecule has 0 aliphatic rings. The first-order valence-electron chi connectivity index (χ1n) is 21.0. The van der Waals surface area contributed by atoms with Crippen LogP contribution in [0.5, 0.6) is 46.0 Å². The fourth-order valence-corrected chi connectivity index (χ4v) is 6.18. The number of ether oxygens (including phenoxy) is 12. The van der Waals surface area contributed by atoms with Crippen molar-refractivity contribution in [3.05, 3.63) is 95.1 Å². The standard InChI is InChI=1S/C49H60O16/c1-29(2)62-33-13-17-37(41(21-33)54-9)45(50)58-25-49(26-59-46(51)38-18-14-34(63-30(3)4)22-42(38)55-10,27-60-47(52)39-19-15-35(64-31(5)6)23-43(39)56-11)28-61-48(53)40-20-16-36(65-32(7)8)24-44(40)57-12/h13-24,29-32H,25-28H2,1-12H3. The van der Waals surface area contributed by atoms with E-state index in [4.69, 9.17) is 56.8 Å².